The van der Waals surface area contributed by atoms with Crippen molar-refractivity contribution in [2.45, 2.75) is 65.7 Å². The number of ketones is 3. The molecule has 4 rings (SSSR count). The van der Waals surface area contributed by atoms with Crippen molar-refractivity contribution in [3.05, 3.63) is 0 Å². The first-order valence-electron chi connectivity index (χ1n) is 11.2. The van der Waals surface area contributed by atoms with Gasteiger partial charge in [-0.15, -0.1) is 0 Å². The van der Waals surface area contributed by atoms with Crippen molar-refractivity contribution in [1.82, 2.24) is 0 Å². The summed E-state index contributed by atoms with van der Waals surface area (Å²) in [4.78, 5) is 49.7. The van der Waals surface area contributed by atoms with Crippen LogP contribution in [0.25, 0.3) is 0 Å². The predicted octanol–water partition coefficient (Wildman–Crippen LogP) is 3.28. The molecule has 0 aromatic heterocycles. The van der Waals surface area contributed by atoms with Crippen LogP contribution in [0, 0.1) is 57.7 Å². The summed E-state index contributed by atoms with van der Waals surface area (Å²) in [6, 6.07) is 2.47. The Hall–Kier alpha value is -2.03. The number of nitrogens with zero attached hydrogens (tertiary/aromatic N) is 1. The second-order valence-corrected chi connectivity index (χ2v) is 10.6. The van der Waals surface area contributed by atoms with Gasteiger partial charge in [0.1, 0.15) is 18.2 Å². The third-order valence-corrected chi connectivity index (χ3v) is 9.19. The zero-order valence-corrected chi connectivity index (χ0v) is 18.1. The maximum Gasteiger partial charge on any atom is 0.303 e. The molecule has 0 N–H and O–H groups in total. The smallest absolute Gasteiger partial charge is 0.303 e. The van der Waals surface area contributed by atoms with Crippen LogP contribution < -0.4 is 0 Å². The molecule has 4 aliphatic carbocycles. The molecule has 4 aliphatic rings. The Kier molecular flexibility index (Phi) is 5.15. The molecule has 0 aliphatic heterocycles. The fraction of sp³-hybridized carbons (Fsp3) is 0.792. The molecule has 0 spiro atoms. The quantitative estimate of drug-likeness (QED) is 0.658. The van der Waals surface area contributed by atoms with E-state index in [2.05, 4.69) is 19.9 Å². The molecule has 8 atom stereocenters. The summed E-state index contributed by atoms with van der Waals surface area (Å²) in [5, 5.41) is 9.90. The minimum absolute atomic E-state index is 0.0406. The highest BCUT2D eigenvalue weighted by Crippen LogP contribution is 2.67. The third kappa shape index (κ3) is 3.04. The van der Waals surface area contributed by atoms with Gasteiger partial charge >= 0.3 is 5.97 Å². The van der Waals surface area contributed by atoms with Gasteiger partial charge in [0.15, 0.2) is 5.78 Å². The number of rotatable bonds is 3. The van der Waals surface area contributed by atoms with Crippen LogP contribution in [0.15, 0.2) is 0 Å². The zero-order valence-electron chi connectivity index (χ0n) is 18.1. The maximum atomic E-state index is 13.6. The van der Waals surface area contributed by atoms with Gasteiger partial charge in [-0.1, -0.05) is 13.8 Å². The van der Waals surface area contributed by atoms with Crippen molar-refractivity contribution in [3.8, 4) is 6.07 Å². The van der Waals surface area contributed by atoms with E-state index >= 15 is 0 Å². The number of esters is 1. The minimum Gasteiger partial charge on any atom is -0.458 e. The van der Waals surface area contributed by atoms with Crippen LogP contribution in [-0.4, -0.2) is 29.9 Å². The summed E-state index contributed by atoms with van der Waals surface area (Å²) in [5.74, 6) is -0.539. The van der Waals surface area contributed by atoms with Gasteiger partial charge < -0.3 is 4.74 Å². The maximum absolute atomic E-state index is 13.6. The van der Waals surface area contributed by atoms with Crippen molar-refractivity contribution < 1.29 is 23.9 Å². The number of carbonyl (C=O) groups excluding carboxylic acids is 4. The first-order chi connectivity index (χ1) is 14.1. The van der Waals surface area contributed by atoms with Crippen LogP contribution in [0.3, 0.4) is 0 Å². The van der Waals surface area contributed by atoms with Gasteiger partial charge in [0, 0.05) is 38.0 Å². The van der Waals surface area contributed by atoms with Crippen molar-refractivity contribution in [3.63, 3.8) is 0 Å². The molecule has 6 heteroatoms. The lowest BCUT2D eigenvalue weighted by Gasteiger charge is -2.60. The molecular weight excluding hydrogens is 382 g/mol. The number of Topliss-reactive ketones (excluding diaryl/α,β-unsaturated/α-hetero) is 3. The third-order valence-electron chi connectivity index (χ3n) is 9.19. The summed E-state index contributed by atoms with van der Waals surface area (Å²) in [6.45, 7) is 5.24. The number of nitriles is 1. The van der Waals surface area contributed by atoms with Gasteiger partial charge in [-0.05, 0) is 54.3 Å². The average molecular weight is 414 g/mol. The molecule has 0 amide bonds. The van der Waals surface area contributed by atoms with Gasteiger partial charge in [0.2, 0.25) is 0 Å². The van der Waals surface area contributed by atoms with E-state index in [0.29, 0.717) is 38.5 Å². The molecule has 0 aromatic carbocycles. The Bertz CT molecular complexity index is 843. The Balaban J connectivity index is 1.65. The second kappa shape index (κ2) is 7.28. The number of hydrogen-bond acceptors (Lipinski definition) is 6. The lowest BCUT2D eigenvalue weighted by atomic mass is 9.42. The first-order valence-corrected chi connectivity index (χ1v) is 11.2. The van der Waals surface area contributed by atoms with E-state index < -0.39 is 11.4 Å². The van der Waals surface area contributed by atoms with Crippen molar-refractivity contribution in [2.24, 2.45) is 46.3 Å². The fourth-order valence-electron chi connectivity index (χ4n) is 7.90. The van der Waals surface area contributed by atoms with Crippen LogP contribution >= 0.6 is 0 Å². The molecule has 0 unspecified atom stereocenters. The van der Waals surface area contributed by atoms with E-state index in [0.717, 1.165) is 6.42 Å². The molecule has 0 saturated heterocycles. The highest BCUT2D eigenvalue weighted by molar-refractivity contribution is 5.89. The van der Waals surface area contributed by atoms with Crippen LogP contribution in [0.2, 0.25) is 0 Å². The fourth-order valence-corrected chi connectivity index (χ4v) is 7.90. The van der Waals surface area contributed by atoms with Gasteiger partial charge in [0.25, 0.3) is 0 Å². The Morgan fingerprint density at radius 1 is 1.17 bits per heavy atom. The number of ether oxygens (including phenoxy) is 1. The van der Waals surface area contributed by atoms with Crippen molar-refractivity contribution >= 4 is 23.3 Å². The molecule has 30 heavy (non-hydrogen) atoms. The largest absolute Gasteiger partial charge is 0.458 e. The van der Waals surface area contributed by atoms with E-state index in [1.165, 1.54) is 6.92 Å². The zero-order chi connectivity index (χ0) is 21.8. The van der Waals surface area contributed by atoms with Crippen LogP contribution in [0.5, 0.6) is 0 Å². The molecule has 4 saturated carbocycles. The average Bonchev–Trinajstić information content (AvgIpc) is 3.02. The summed E-state index contributed by atoms with van der Waals surface area (Å²) in [6.07, 6.45) is 4.16. The molecule has 6 nitrogen and oxygen atoms in total. The number of hydrogen-bond donors (Lipinski definition) is 0. The minimum atomic E-state index is -0.474. The summed E-state index contributed by atoms with van der Waals surface area (Å²) >= 11 is 0. The normalized spacial score (nSPS) is 45.0. The molecular formula is C24H31NO5. The lowest BCUT2D eigenvalue weighted by molar-refractivity contribution is -0.166. The van der Waals surface area contributed by atoms with E-state index in [-0.39, 0.29) is 64.9 Å². The van der Waals surface area contributed by atoms with Crippen molar-refractivity contribution in [2.75, 3.05) is 6.61 Å². The summed E-state index contributed by atoms with van der Waals surface area (Å²) < 4.78 is 4.96. The van der Waals surface area contributed by atoms with Crippen molar-refractivity contribution in [1.29, 1.82) is 5.26 Å². The number of fused-ring (bicyclic) bond motifs is 5. The Labute approximate surface area is 177 Å². The van der Waals surface area contributed by atoms with E-state index in [1.807, 2.05) is 0 Å². The lowest BCUT2D eigenvalue weighted by Crippen LogP contribution is -2.59. The van der Waals surface area contributed by atoms with Crippen LogP contribution in [0.1, 0.15) is 65.7 Å². The molecule has 0 bridgehead atoms. The number of carbonyl (C=O) groups is 4. The molecule has 4 fully saturated rings. The van der Waals surface area contributed by atoms with E-state index in [9.17, 15) is 24.4 Å². The van der Waals surface area contributed by atoms with E-state index in [1.54, 1.807) is 0 Å². The summed E-state index contributed by atoms with van der Waals surface area (Å²) in [5.41, 5.74) is -0.751. The predicted molar refractivity (Wildman–Crippen MR) is 107 cm³/mol. The van der Waals surface area contributed by atoms with Gasteiger partial charge in [-0.25, -0.2) is 0 Å². The monoisotopic (exact) mass is 413 g/mol. The highest BCUT2D eigenvalue weighted by Gasteiger charge is 2.65. The van der Waals surface area contributed by atoms with Gasteiger partial charge in [-0.3, -0.25) is 19.2 Å². The topological polar surface area (TPSA) is 101 Å². The van der Waals surface area contributed by atoms with Crippen LogP contribution in [0.4, 0.5) is 0 Å². The first kappa shape index (κ1) is 21.2. The Morgan fingerprint density at radius 3 is 2.57 bits per heavy atom. The molecule has 162 valence electrons. The second-order valence-electron chi connectivity index (χ2n) is 10.6. The standard InChI is InChI=1S/C24H31NO5/c1-13(26)30-12-21(29)18-5-4-17-16-8-14(11-25)19-9-15(27)6-7-23(19,2)22(16)20(28)10-24(17,18)3/h14,16-19,22H,4-10,12H2,1-3H3/t14-,16+,17+,18-,19+,22-,23+,24+/m1/s1. The molecule has 0 radical (unpaired) electrons. The Morgan fingerprint density at radius 2 is 1.90 bits per heavy atom. The summed E-state index contributed by atoms with van der Waals surface area (Å²) in [7, 11) is 0. The SMILES string of the molecule is CC(=O)OCC(=O)[C@H]1CC[C@H]2[C@@H]3C[C@H](C#N)[C@@H]4CC(=O)CC[C@]4(C)[C@H]3C(=O)C[C@]12C. The van der Waals surface area contributed by atoms with Gasteiger partial charge in [-0.2, -0.15) is 5.26 Å². The van der Waals surface area contributed by atoms with Crippen LogP contribution in [-0.2, 0) is 23.9 Å². The van der Waals surface area contributed by atoms with Gasteiger partial charge in [0.05, 0.1) is 12.0 Å². The van der Waals surface area contributed by atoms with E-state index in [4.69, 9.17) is 4.74 Å². The molecule has 0 aromatic rings. The molecule has 0 heterocycles. The highest BCUT2D eigenvalue weighted by atomic mass is 16.5.